The van der Waals surface area contributed by atoms with Gasteiger partial charge >= 0.3 is 0 Å². The number of carbonyl (C=O) groups is 1. The van der Waals surface area contributed by atoms with Crippen molar-refractivity contribution in [1.29, 1.82) is 0 Å². The second-order valence-electron chi connectivity index (χ2n) is 8.39. The second-order valence-corrected chi connectivity index (χ2v) is 8.39. The van der Waals surface area contributed by atoms with E-state index in [1.54, 1.807) is 29.2 Å². The Hall–Kier alpha value is -4.52. The fourth-order valence-electron chi connectivity index (χ4n) is 4.54. The van der Waals surface area contributed by atoms with Gasteiger partial charge in [-0.3, -0.25) is 14.9 Å². The molecule has 1 amide bonds. The van der Waals surface area contributed by atoms with Crippen molar-refractivity contribution < 1.29 is 14.1 Å². The number of halogens is 1. The van der Waals surface area contributed by atoms with Crippen molar-refractivity contribution in [1.82, 2.24) is 4.90 Å². The summed E-state index contributed by atoms with van der Waals surface area (Å²) >= 11 is 0. The summed E-state index contributed by atoms with van der Waals surface area (Å²) in [6.45, 7) is 0.593. The first kappa shape index (κ1) is 22.3. The van der Waals surface area contributed by atoms with Crippen LogP contribution in [0.25, 0.3) is 0 Å². The predicted octanol–water partition coefficient (Wildman–Crippen LogP) is 6.10. The third-order valence-corrected chi connectivity index (χ3v) is 6.16. The monoisotopic (exact) mass is 467 g/mol. The summed E-state index contributed by atoms with van der Waals surface area (Å²) in [6, 6.07) is 29.8. The third-order valence-electron chi connectivity index (χ3n) is 6.16. The maximum Gasteiger partial charge on any atom is 0.270 e. The Labute approximate surface area is 202 Å². The van der Waals surface area contributed by atoms with E-state index in [-0.39, 0.29) is 23.7 Å². The van der Waals surface area contributed by atoms with Crippen LogP contribution in [-0.4, -0.2) is 15.7 Å². The van der Waals surface area contributed by atoms with Gasteiger partial charge in [0.25, 0.3) is 11.6 Å². The van der Waals surface area contributed by atoms with Gasteiger partial charge in [0.15, 0.2) is 0 Å². The fourth-order valence-corrected chi connectivity index (χ4v) is 4.54. The number of nitro benzene ring substituents is 1. The van der Waals surface area contributed by atoms with Crippen molar-refractivity contribution >= 4 is 17.3 Å². The number of amides is 1. The standard InChI is InChI=1S/C28H22FN3O3/c29-25-14-8-7-13-23(25)27-30(18-20-9-3-1-4-10-20)26-16-15-22(32(34)35)17-24(26)28(33)31(27)19-21-11-5-2-6-12-21/h1-17,27H,18-19H2/t27-/m0/s1. The summed E-state index contributed by atoms with van der Waals surface area (Å²) < 4.78 is 15.2. The highest BCUT2D eigenvalue weighted by Gasteiger charge is 2.40. The molecule has 1 aliphatic heterocycles. The zero-order chi connectivity index (χ0) is 24.4. The minimum Gasteiger partial charge on any atom is -0.342 e. The molecular formula is C28H22FN3O3. The number of nitro groups is 1. The van der Waals surface area contributed by atoms with Gasteiger partial charge in [-0.1, -0.05) is 78.9 Å². The maximum absolute atomic E-state index is 15.2. The minimum absolute atomic E-state index is 0.166. The molecule has 0 aromatic heterocycles. The number of nitrogens with zero attached hydrogens (tertiary/aromatic N) is 3. The molecule has 1 heterocycles. The SMILES string of the molecule is O=C1c2cc([N+](=O)[O-])ccc2N(Cc2ccccc2)[C@H](c2ccccc2F)N1Cc1ccccc1. The molecule has 0 saturated heterocycles. The predicted molar refractivity (Wildman–Crippen MR) is 131 cm³/mol. The number of hydrogen-bond acceptors (Lipinski definition) is 4. The van der Waals surface area contributed by atoms with Crippen molar-refractivity contribution in [2.45, 2.75) is 19.3 Å². The Morgan fingerprint density at radius 1 is 0.771 bits per heavy atom. The van der Waals surface area contributed by atoms with Gasteiger partial charge in [-0.2, -0.15) is 0 Å². The molecule has 35 heavy (non-hydrogen) atoms. The van der Waals surface area contributed by atoms with Gasteiger partial charge in [-0.25, -0.2) is 4.39 Å². The number of hydrogen-bond donors (Lipinski definition) is 0. The van der Waals surface area contributed by atoms with E-state index in [0.717, 1.165) is 11.1 Å². The Kier molecular flexibility index (Phi) is 5.97. The Morgan fingerprint density at radius 2 is 1.34 bits per heavy atom. The van der Waals surface area contributed by atoms with Crippen LogP contribution in [0.4, 0.5) is 15.8 Å². The molecule has 0 aliphatic carbocycles. The molecule has 0 bridgehead atoms. The lowest BCUT2D eigenvalue weighted by molar-refractivity contribution is -0.384. The van der Waals surface area contributed by atoms with Crippen LogP contribution in [0, 0.1) is 15.9 Å². The van der Waals surface area contributed by atoms with Crippen LogP contribution in [0.15, 0.2) is 103 Å². The molecule has 0 N–H and O–H groups in total. The van der Waals surface area contributed by atoms with E-state index in [9.17, 15) is 14.9 Å². The Balaban J connectivity index is 1.71. The highest BCUT2D eigenvalue weighted by Crippen LogP contribution is 2.42. The molecule has 7 heteroatoms. The Morgan fingerprint density at radius 3 is 1.94 bits per heavy atom. The number of rotatable bonds is 6. The van der Waals surface area contributed by atoms with Crippen molar-refractivity contribution in [2.75, 3.05) is 4.90 Å². The molecule has 174 valence electrons. The summed E-state index contributed by atoms with van der Waals surface area (Å²) in [4.78, 5) is 28.3. The average molecular weight is 468 g/mol. The van der Waals surface area contributed by atoms with Crippen molar-refractivity contribution in [3.63, 3.8) is 0 Å². The smallest absolute Gasteiger partial charge is 0.270 e. The first-order valence-corrected chi connectivity index (χ1v) is 11.2. The van der Waals surface area contributed by atoms with Crippen LogP contribution in [-0.2, 0) is 13.1 Å². The number of carbonyl (C=O) groups excluding carboxylic acids is 1. The van der Waals surface area contributed by atoms with Gasteiger partial charge in [0, 0.05) is 30.8 Å². The molecule has 0 radical (unpaired) electrons. The molecule has 4 aromatic rings. The van der Waals surface area contributed by atoms with Gasteiger partial charge in [0.05, 0.1) is 16.2 Å². The van der Waals surface area contributed by atoms with E-state index in [0.29, 0.717) is 17.8 Å². The van der Waals surface area contributed by atoms with Crippen LogP contribution in [0.2, 0.25) is 0 Å². The van der Waals surface area contributed by atoms with Crippen LogP contribution in [0.3, 0.4) is 0 Å². The molecule has 5 rings (SSSR count). The lowest BCUT2D eigenvalue weighted by atomic mass is 9.98. The normalized spacial score (nSPS) is 15.1. The summed E-state index contributed by atoms with van der Waals surface area (Å²) in [7, 11) is 0. The molecule has 1 aliphatic rings. The zero-order valence-electron chi connectivity index (χ0n) is 18.8. The summed E-state index contributed by atoms with van der Waals surface area (Å²) in [5, 5.41) is 11.5. The molecular weight excluding hydrogens is 445 g/mol. The summed E-state index contributed by atoms with van der Waals surface area (Å²) in [6.07, 6.45) is -0.752. The molecule has 0 saturated carbocycles. The highest BCUT2D eigenvalue weighted by molar-refractivity contribution is 6.02. The van der Waals surface area contributed by atoms with E-state index >= 15 is 4.39 Å². The second kappa shape index (κ2) is 9.38. The molecule has 6 nitrogen and oxygen atoms in total. The molecule has 0 fully saturated rings. The highest BCUT2D eigenvalue weighted by atomic mass is 19.1. The van der Waals surface area contributed by atoms with Gasteiger partial charge < -0.3 is 9.80 Å². The van der Waals surface area contributed by atoms with E-state index in [2.05, 4.69) is 0 Å². The van der Waals surface area contributed by atoms with Crippen molar-refractivity contribution in [2.24, 2.45) is 0 Å². The lowest BCUT2D eigenvalue weighted by Gasteiger charge is -2.46. The summed E-state index contributed by atoms with van der Waals surface area (Å²) in [5.41, 5.74) is 2.78. The first-order chi connectivity index (χ1) is 17.0. The van der Waals surface area contributed by atoms with Crippen LogP contribution in [0.1, 0.15) is 33.2 Å². The van der Waals surface area contributed by atoms with E-state index < -0.39 is 16.9 Å². The number of anilines is 1. The van der Waals surface area contributed by atoms with E-state index in [4.69, 9.17) is 0 Å². The quantitative estimate of drug-likeness (QED) is 0.254. The van der Waals surface area contributed by atoms with Gasteiger partial charge in [-0.05, 0) is 23.3 Å². The Bertz CT molecular complexity index is 1380. The van der Waals surface area contributed by atoms with Gasteiger partial charge in [0.1, 0.15) is 12.0 Å². The van der Waals surface area contributed by atoms with E-state index in [1.165, 1.54) is 18.2 Å². The molecule has 1 atom stereocenters. The lowest BCUT2D eigenvalue weighted by Crippen LogP contribution is -2.49. The van der Waals surface area contributed by atoms with Gasteiger partial charge in [0.2, 0.25) is 0 Å². The van der Waals surface area contributed by atoms with E-state index in [1.807, 2.05) is 65.6 Å². The number of non-ortho nitro benzene ring substituents is 1. The largest absolute Gasteiger partial charge is 0.342 e. The maximum atomic E-state index is 15.2. The van der Waals surface area contributed by atoms with Crippen LogP contribution >= 0.6 is 0 Å². The fraction of sp³-hybridized carbons (Fsp3) is 0.107. The summed E-state index contributed by atoms with van der Waals surface area (Å²) in [5.74, 6) is -0.808. The first-order valence-electron chi connectivity index (χ1n) is 11.2. The molecule has 0 unspecified atom stereocenters. The third kappa shape index (κ3) is 4.36. The van der Waals surface area contributed by atoms with Crippen molar-refractivity contribution in [3.8, 4) is 0 Å². The van der Waals surface area contributed by atoms with Crippen molar-refractivity contribution in [3.05, 3.63) is 141 Å². The number of fused-ring (bicyclic) bond motifs is 1. The number of benzene rings is 4. The van der Waals surface area contributed by atoms with Gasteiger partial charge in [-0.15, -0.1) is 0 Å². The topological polar surface area (TPSA) is 66.7 Å². The van der Waals surface area contributed by atoms with Crippen LogP contribution in [0.5, 0.6) is 0 Å². The minimum atomic E-state index is -0.752. The molecule has 0 spiro atoms. The molecule has 4 aromatic carbocycles. The average Bonchev–Trinajstić information content (AvgIpc) is 2.88. The van der Waals surface area contributed by atoms with Crippen LogP contribution < -0.4 is 4.90 Å². The zero-order valence-corrected chi connectivity index (χ0v) is 18.8.